The summed E-state index contributed by atoms with van der Waals surface area (Å²) in [6.07, 6.45) is 1.63. The monoisotopic (exact) mass is 231 g/mol. The molecule has 0 aliphatic carbocycles. The number of hydrogen-bond acceptors (Lipinski definition) is 3. The predicted molar refractivity (Wildman–Crippen MR) is 64.8 cm³/mol. The third kappa shape index (κ3) is 2.33. The summed E-state index contributed by atoms with van der Waals surface area (Å²) in [6, 6.07) is 5.53. The number of carbonyl (C=O) groups excluding carboxylic acids is 2. The van der Waals surface area contributed by atoms with Crippen LogP contribution in [0, 0.1) is 0 Å². The van der Waals surface area contributed by atoms with Crippen molar-refractivity contribution in [3.63, 3.8) is 0 Å². The van der Waals surface area contributed by atoms with Gasteiger partial charge in [0.05, 0.1) is 18.1 Å². The Kier molecular flexibility index (Phi) is 2.91. The molecular formula is C12H13N3O2. The van der Waals surface area contributed by atoms with E-state index in [2.05, 4.69) is 10.2 Å². The first-order valence-electron chi connectivity index (χ1n) is 5.27. The molecule has 5 heteroatoms. The molecule has 1 aromatic carbocycles. The fourth-order valence-corrected chi connectivity index (χ4v) is 1.61. The van der Waals surface area contributed by atoms with Crippen molar-refractivity contribution in [2.75, 3.05) is 11.9 Å². The second-order valence-corrected chi connectivity index (χ2v) is 3.97. The number of amides is 1. The number of aromatic nitrogens is 2. The highest BCUT2D eigenvalue weighted by molar-refractivity contribution is 6.05. The van der Waals surface area contributed by atoms with Gasteiger partial charge in [0, 0.05) is 18.1 Å². The lowest BCUT2D eigenvalue weighted by Gasteiger charge is -2.16. The van der Waals surface area contributed by atoms with Crippen LogP contribution in [0.3, 0.4) is 0 Å². The molecule has 0 saturated carbocycles. The van der Waals surface area contributed by atoms with Crippen molar-refractivity contribution in [3.05, 3.63) is 24.4 Å². The van der Waals surface area contributed by atoms with Gasteiger partial charge in [-0.05, 0) is 25.1 Å². The van der Waals surface area contributed by atoms with E-state index in [-0.39, 0.29) is 18.1 Å². The number of H-pyrrole nitrogens is 1. The number of ketones is 1. The zero-order valence-electron chi connectivity index (χ0n) is 9.73. The van der Waals surface area contributed by atoms with Crippen molar-refractivity contribution in [1.82, 2.24) is 10.2 Å². The third-order valence-electron chi connectivity index (χ3n) is 2.59. The smallest absolute Gasteiger partial charge is 0.234 e. The van der Waals surface area contributed by atoms with Gasteiger partial charge in [0.25, 0.3) is 0 Å². The molecule has 2 rings (SSSR count). The van der Waals surface area contributed by atoms with Gasteiger partial charge in [-0.1, -0.05) is 0 Å². The number of nitrogens with one attached hydrogen (secondary N) is 1. The molecule has 0 fully saturated rings. The molecular weight excluding hydrogens is 218 g/mol. The zero-order chi connectivity index (χ0) is 12.4. The maximum Gasteiger partial charge on any atom is 0.234 e. The summed E-state index contributed by atoms with van der Waals surface area (Å²) in [5, 5.41) is 7.69. The van der Waals surface area contributed by atoms with Gasteiger partial charge in [-0.2, -0.15) is 5.10 Å². The van der Waals surface area contributed by atoms with Crippen LogP contribution in [0.4, 0.5) is 5.69 Å². The number of anilines is 1. The topological polar surface area (TPSA) is 66.1 Å². The van der Waals surface area contributed by atoms with Crippen LogP contribution in [0.25, 0.3) is 10.9 Å². The molecule has 1 heterocycles. The fraction of sp³-hybridized carbons (Fsp3) is 0.250. The molecule has 0 radical (unpaired) electrons. The molecule has 1 aromatic heterocycles. The molecule has 0 unspecified atom stereocenters. The number of aromatic amines is 1. The Morgan fingerprint density at radius 3 is 2.88 bits per heavy atom. The van der Waals surface area contributed by atoms with Gasteiger partial charge in [-0.25, -0.2) is 0 Å². The van der Waals surface area contributed by atoms with E-state index in [4.69, 9.17) is 0 Å². The second kappa shape index (κ2) is 4.37. The fourth-order valence-electron chi connectivity index (χ4n) is 1.61. The van der Waals surface area contributed by atoms with Crippen molar-refractivity contribution in [1.29, 1.82) is 0 Å². The average molecular weight is 231 g/mol. The number of carbonyl (C=O) groups is 2. The first kappa shape index (κ1) is 11.3. The molecule has 0 bridgehead atoms. The number of fused-ring (bicyclic) bond motifs is 1. The van der Waals surface area contributed by atoms with Crippen LogP contribution >= 0.6 is 0 Å². The van der Waals surface area contributed by atoms with Gasteiger partial charge < -0.3 is 4.90 Å². The van der Waals surface area contributed by atoms with Gasteiger partial charge in [0.2, 0.25) is 5.91 Å². The van der Waals surface area contributed by atoms with Crippen LogP contribution in [0.5, 0.6) is 0 Å². The minimum Gasteiger partial charge on any atom is -0.315 e. The summed E-state index contributed by atoms with van der Waals surface area (Å²) in [5.41, 5.74) is 1.67. The highest BCUT2D eigenvalue weighted by Crippen LogP contribution is 2.20. The Balaban J connectivity index is 2.26. The van der Waals surface area contributed by atoms with Crippen molar-refractivity contribution < 1.29 is 9.59 Å². The second-order valence-electron chi connectivity index (χ2n) is 3.97. The van der Waals surface area contributed by atoms with Crippen LogP contribution in [-0.2, 0) is 9.59 Å². The lowest BCUT2D eigenvalue weighted by Crippen LogP contribution is -2.27. The summed E-state index contributed by atoms with van der Waals surface area (Å²) in [7, 11) is 1.66. The van der Waals surface area contributed by atoms with Gasteiger partial charge in [0.15, 0.2) is 0 Å². The molecule has 1 amide bonds. The molecule has 0 aliphatic rings. The van der Waals surface area contributed by atoms with Crippen LogP contribution in [-0.4, -0.2) is 28.9 Å². The molecule has 88 valence electrons. The van der Waals surface area contributed by atoms with Crippen LogP contribution in [0.15, 0.2) is 24.4 Å². The SMILES string of the molecule is CC(=O)CC(=O)N(C)c1ccc2[nH]ncc2c1. The van der Waals surface area contributed by atoms with Crippen molar-refractivity contribution >= 4 is 28.3 Å². The maximum absolute atomic E-state index is 11.7. The molecule has 0 aliphatic heterocycles. The highest BCUT2D eigenvalue weighted by Gasteiger charge is 2.13. The molecule has 2 aromatic rings. The first-order chi connectivity index (χ1) is 8.08. The van der Waals surface area contributed by atoms with E-state index < -0.39 is 0 Å². The van der Waals surface area contributed by atoms with E-state index in [0.29, 0.717) is 0 Å². The maximum atomic E-state index is 11.7. The molecule has 0 spiro atoms. The van der Waals surface area contributed by atoms with E-state index in [9.17, 15) is 9.59 Å². The Hall–Kier alpha value is -2.17. The zero-order valence-corrected chi connectivity index (χ0v) is 9.73. The number of hydrogen-bond donors (Lipinski definition) is 1. The largest absolute Gasteiger partial charge is 0.315 e. The van der Waals surface area contributed by atoms with E-state index in [0.717, 1.165) is 16.6 Å². The van der Waals surface area contributed by atoms with Gasteiger partial charge in [0.1, 0.15) is 5.78 Å². The summed E-state index contributed by atoms with van der Waals surface area (Å²) in [5.74, 6) is -0.341. The van der Waals surface area contributed by atoms with Crippen molar-refractivity contribution in [2.24, 2.45) is 0 Å². The molecule has 0 saturated heterocycles. The quantitative estimate of drug-likeness (QED) is 0.814. The summed E-state index contributed by atoms with van der Waals surface area (Å²) >= 11 is 0. The van der Waals surface area contributed by atoms with E-state index in [1.165, 1.54) is 11.8 Å². The summed E-state index contributed by atoms with van der Waals surface area (Å²) < 4.78 is 0. The minimum absolute atomic E-state index is 0.0695. The Labute approximate surface area is 98.4 Å². The summed E-state index contributed by atoms with van der Waals surface area (Å²) in [4.78, 5) is 24.1. The minimum atomic E-state index is -0.208. The third-order valence-corrected chi connectivity index (χ3v) is 2.59. The Morgan fingerprint density at radius 1 is 1.41 bits per heavy atom. The number of Topliss-reactive ketones (excluding diaryl/α,β-unsaturated/α-hetero) is 1. The molecule has 17 heavy (non-hydrogen) atoms. The first-order valence-corrected chi connectivity index (χ1v) is 5.27. The van der Waals surface area contributed by atoms with E-state index >= 15 is 0 Å². The predicted octanol–water partition coefficient (Wildman–Crippen LogP) is 1.50. The van der Waals surface area contributed by atoms with Crippen LogP contribution in [0.1, 0.15) is 13.3 Å². The van der Waals surface area contributed by atoms with Gasteiger partial charge in [-0.15, -0.1) is 0 Å². The number of nitrogens with zero attached hydrogens (tertiary/aromatic N) is 2. The van der Waals surface area contributed by atoms with Crippen LogP contribution < -0.4 is 4.90 Å². The number of benzene rings is 1. The van der Waals surface area contributed by atoms with Crippen molar-refractivity contribution in [2.45, 2.75) is 13.3 Å². The number of rotatable bonds is 3. The van der Waals surface area contributed by atoms with Gasteiger partial charge in [-0.3, -0.25) is 14.7 Å². The summed E-state index contributed by atoms with van der Waals surface area (Å²) in [6.45, 7) is 1.41. The highest BCUT2D eigenvalue weighted by atomic mass is 16.2. The Bertz CT molecular complexity index is 574. The molecule has 1 N–H and O–H groups in total. The lowest BCUT2D eigenvalue weighted by molar-refractivity contribution is -0.125. The van der Waals surface area contributed by atoms with E-state index in [1.807, 2.05) is 18.2 Å². The molecule has 5 nitrogen and oxygen atoms in total. The van der Waals surface area contributed by atoms with E-state index in [1.54, 1.807) is 13.2 Å². The van der Waals surface area contributed by atoms with Crippen LogP contribution in [0.2, 0.25) is 0 Å². The normalized spacial score (nSPS) is 10.5. The Morgan fingerprint density at radius 2 is 2.18 bits per heavy atom. The lowest BCUT2D eigenvalue weighted by atomic mass is 10.2. The van der Waals surface area contributed by atoms with Crippen molar-refractivity contribution in [3.8, 4) is 0 Å². The molecule has 0 atom stereocenters. The van der Waals surface area contributed by atoms with Gasteiger partial charge >= 0.3 is 0 Å². The standard InChI is InChI=1S/C12H13N3O2/c1-8(16)5-12(17)15(2)10-3-4-11-9(6-10)7-13-14-11/h3-4,6-7H,5H2,1-2H3,(H,13,14). The average Bonchev–Trinajstić information content (AvgIpc) is 2.73.